The highest BCUT2D eigenvalue weighted by Crippen LogP contribution is 2.13. The van der Waals surface area contributed by atoms with Crippen molar-refractivity contribution >= 4 is 18.3 Å². The number of carbonyl (C=O) groups is 1. The summed E-state index contributed by atoms with van der Waals surface area (Å²) in [5.74, 6) is -0.154. The molecule has 0 radical (unpaired) electrons. The first-order valence-electron chi connectivity index (χ1n) is 7.13. The Kier molecular flexibility index (Phi) is 6.60. The highest BCUT2D eigenvalue weighted by molar-refractivity contribution is 5.85. The molecule has 0 saturated carbocycles. The third-order valence-corrected chi connectivity index (χ3v) is 3.67. The van der Waals surface area contributed by atoms with Gasteiger partial charge in [-0.1, -0.05) is 53.6 Å². The van der Waals surface area contributed by atoms with E-state index in [2.05, 4.69) is 18.3 Å². The second-order valence-electron chi connectivity index (χ2n) is 5.54. The molecule has 1 atom stereocenters. The zero-order valence-corrected chi connectivity index (χ0v) is 14.0. The molecule has 0 aliphatic rings. The molecule has 2 rings (SSSR count). The Morgan fingerprint density at radius 2 is 1.64 bits per heavy atom. The van der Waals surface area contributed by atoms with Gasteiger partial charge in [0, 0.05) is 6.54 Å². The van der Waals surface area contributed by atoms with Crippen LogP contribution in [0.15, 0.2) is 42.5 Å². The molecule has 118 valence electrons. The van der Waals surface area contributed by atoms with E-state index in [1.165, 1.54) is 11.1 Å². The Bertz CT molecular complexity index is 638. The molecule has 0 bridgehead atoms. The van der Waals surface area contributed by atoms with Crippen LogP contribution in [0, 0.1) is 20.8 Å². The van der Waals surface area contributed by atoms with Crippen molar-refractivity contribution in [2.24, 2.45) is 5.73 Å². The summed E-state index contributed by atoms with van der Waals surface area (Å²) in [5.41, 5.74) is 11.5. The summed E-state index contributed by atoms with van der Waals surface area (Å²) in [4.78, 5) is 12.1. The molecule has 2 aromatic rings. The first kappa shape index (κ1) is 18.2. The van der Waals surface area contributed by atoms with Crippen LogP contribution in [0.1, 0.15) is 33.9 Å². The molecule has 0 aliphatic carbocycles. The number of halogens is 1. The molecule has 0 aliphatic heterocycles. The highest BCUT2D eigenvalue weighted by Gasteiger charge is 2.15. The number of benzene rings is 2. The van der Waals surface area contributed by atoms with Crippen molar-refractivity contribution < 1.29 is 4.79 Å². The largest absolute Gasteiger partial charge is 0.350 e. The summed E-state index contributed by atoms with van der Waals surface area (Å²) in [6.45, 7) is 6.62. The Balaban J connectivity index is 0.00000242. The maximum absolute atomic E-state index is 12.1. The van der Waals surface area contributed by atoms with Crippen molar-refractivity contribution in [3.05, 3.63) is 70.3 Å². The summed E-state index contributed by atoms with van der Waals surface area (Å²) < 4.78 is 0. The normalized spacial score (nSPS) is 11.5. The number of hydrogen-bond donors (Lipinski definition) is 2. The summed E-state index contributed by atoms with van der Waals surface area (Å²) in [5, 5.41) is 2.91. The molecule has 0 saturated heterocycles. The van der Waals surface area contributed by atoms with E-state index in [-0.39, 0.29) is 18.3 Å². The van der Waals surface area contributed by atoms with Crippen molar-refractivity contribution in [1.29, 1.82) is 0 Å². The fourth-order valence-corrected chi connectivity index (χ4v) is 2.26. The van der Waals surface area contributed by atoms with Crippen LogP contribution < -0.4 is 11.1 Å². The van der Waals surface area contributed by atoms with Gasteiger partial charge in [-0.15, -0.1) is 12.4 Å². The van der Waals surface area contributed by atoms with Crippen LogP contribution in [0.5, 0.6) is 0 Å². The molecule has 0 fully saturated rings. The van der Waals surface area contributed by atoms with Crippen LogP contribution in [-0.4, -0.2) is 5.91 Å². The fraction of sp³-hybridized carbons (Fsp3) is 0.278. The molecule has 0 aromatic heterocycles. The van der Waals surface area contributed by atoms with Gasteiger partial charge in [-0.2, -0.15) is 0 Å². The van der Waals surface area contributed by atoms with Gasteiger partial charge in [0.25, 0.3) is 0 Å². The van der Waals surface area contributed by atoms with Crippen LogP contribution >= 0.6 is 12.4 Å². The zero-order chi connectivity index (χ0) is 15.4. The summed E-state index contributed by atoms with van der Waals surface area (Å²) >= 11 is 0. The van der Waals surface area contributed by atoms with E-state index in [9.17, 15) is 4.79 Å². The minimum absolute atomic E-state index is 0. The van der Waals surface area contributed by atoms with E-state index in [4.69, 9.17) is 5.73 Å². The van der Waals surface area contributed by atoms with Gasteiger partial charge in [0.05, 0.1) is 0 Å². The third kappa shape index (κ3) is 4.58. The van der Waals surface area contributed by atoms with E-state index in [0.717, 1.165) is 16.7 Å². The Morgan fingerprint density at radius 3 is 2.23 bits per heavy atom. The second-order valence-corrected chi connectivity index (χ2v) is 5.54. The van der Waals surface area contributed by atoms with Gasteiger partial charge in [-0.25, -0.2) is 0 Å². The molecule has 3 nitrogen and oxygen atoms in total. The summed E-state index contributed by atoms with van der Waals surface area (Å²) in [6.07, 6.45) is 0. The van der Waals surface area contributed by atoms with Gasteiger partial charge in [-0.3, -0.25) is 4.79 Å². The average molecular weight is 319 g/mol. The molecular weight excluding hydrogens is 296 g/mol. The molecule has 3 N–H and O–H groups in total. The first-order valence-corrected chi connectivity index (χ1v) is 7.13. The number of hydrogen-bond acceptors (Lipinski definition) is 2. The topological polar surface area (TPSA) is 55.1 Å². The molecule has 2 aromatic carbocycles. The predicted molar refractivity (Wildman–Crippen MR) is 93.1 cm³/mol. The maximum Gasteiger partial charge on any atom is 0.241 e. The SMILES string of the molecule is Cc1ccc(C(N)C(=O)NCc2ccc(C)cc2C)cc1.Cl. The number of aryl methyl sites for hydroxylation is 3. The standard InChI is InChI=1S/C18H22N2O.ClH/c1-12-4-7-15(8-5-12)17(19)18(21)20-11-16-9-6-13(2)10-14(16)3;/h4-10,17H,11,19H2,1-3H3,(H,20,21);1H. The molecule has 4 heteroatoms. The second kappa shape index (κ2) is 7.97. The Hall–Kier alpha value is -1.84. The lowest BCUT2D eigenvalue weighted by Crippen LogP contribution is -2.33. The summed E-state index contributed by atoms with van der Waals surface area (Å²) in [7, 11) is 0. The van der Waals surface area contributed by atoms with Crippen molar-refractivity contribution in [2.75, 3.05) is 0 Å². The van der Waals surface area contributed by atoms with Gasteiger partial charge < -0.3 is 11.1 Å². The van der Waals surface area contributed by atoms with Crippen LogP contribution in [0.2, 0.25) is 0 Å². The molecular formula is C18H23ClN2O. The number of nitrogens with two attached hydrogens (primary N) is 1. The lowest BCUT2D eigenvalue weighted by molar-refractivity contribution is -0.122. The maximum atomic E-state index is 12.1. The number of nitrogens with one attached hydrogen (secondary N) is 1. The van der Waals surface area contributed by atoms with Gasteiger partial charge in [0.1, 0.15) is 6.04 Å². The van der Waals surface area contributed by atoms with Gasteiger partial charge in [0.2, 0.25) is 5.91 Å². The monoisotopic (exact) mass is 318 g/mol. The Morgan fingerprint density at radius 1 is 1.05 bits per heavy atom. The third-order valence-electron chi connectivity index (χ3n) is 3.67. The van der Waals surface area contributed by atoms with Crippen molar-refractivity contribution in [1.82, 2.24) is 5.32 Å². The predicted octanol–water partition coefficient (Wildman–Crippen LogP) is 3.35. The smallest absolute Gasteiger partial charge is 0.241 e. The number of rotatable bonds is 4. The van der Waals surface area contributed by atoms with Gasteiger partial charge in [0.15, 0.2) is 0 Å². The van der Waals surface area contributed by atoms with Gasteiger partial charge >= 0.3 is 0 Å². The number of carbonyl (C=O) groups excluding carboxylic acids is 1. The summed E-state index contributed by atoms with van der Waals surface area (Å²) in [6, 6.07) is 13.3. The van der Waals surface area contributed by atoms with E-state index in [1.54, 1.807) is 0 Å². The van der Waals surface area contributed by atoms with Crippen LogP contribution in [0.4, 0.5) is 0 Å². The molecule has 22 heavy (non-hydrogen) atoms. The lowest BCUT2D eigenvalue weighted by atomic mass is 10.0. The van der Waals surface area contributed by atoms with Crippen LogP contribution in [-0.2, 0) is 11.3 Å². The van der Waals surface area contributed by atoms with Crippen LogP contribution in [0.3, 0.4) is 0 Å². The minimum atomic E-state index is -0.628. The number of amides is 1. The van der Waals surface area contributed by atoms with Crippen molar-refractivity contribution in [2.45, 2.75) is 33.4 Å². The van der Waals surface area contributed by atoms with Crippen LogP contribution in [0.25, 0.3) is 0 Å². The van der Waals surface area contributed by atoms with E-state index >= 15 is 0 Å². The quantitative estimate of drug-likeness (QED) is 0.908. The van der Waals surface area contributed by atoms with E-state index in [1.807, 2.05) is 50.2 Å². The van der Waals surface area contributed by atoms with E-state index < -0.39 is 6.04 Å². The van der Waals surface area contributed by atoms with Crippen molar-refractivity contribution in [3.8, 4) is 0 Å². The fourth-order valence-electron chi connectivity index (χ4n) is 2.26. The average Bonchev–Trinajstić information content (AvgIpc) is 2.46. The molecule has 1 amide bonds. The molecule has 0 heterocycles. The molecule has 0 spiro atoms. The minimum Gasteiger partial charge on any atom is -0.350 e. The zero-order valence-electron chi connectivity index (χ0n) is 13.2. The first-order chi connectivity index (χ1) is 9.97. The highest BCUT2D eigenvalue weighted by atomic mass is 35.5. The lowest BCUT2D eigenvalue weighted by Gasteiger charge is -2.14. The molecule has 1 unspecified atom stereocenters. The Labute approximate surface area is 138 Å². The van der Waals surface area contributed by atoms with Gasteiger partial charge in [-0.05, 0) is 37.5 Å². The van der Waals surface area contributed by atoms with E-state index in [0.29, 0.717) is 6.54 Å². The van der Waals surface area contributed by atoms with Crippen molar-refractivity contribution in [3.63, 3.8) is 0 Å².